The van der Waals surface area contributed by atoms with Crippen molar-refractivity contribution < 1.29 is 5.06 Å². The van der Waals surface area contributed by atoms with Gasteiger partial charge in [-0.25, -0.2) is 0 Å². The van der Waals surface area contributed by atoms with Crippen LogP contribution in [-0.4, -0.2) is 72.4 Å². The van der Waals surface area contributed by atoms with Crippen LogP contribution in [0.1, 0.15) is 103 Å². The van der Waals surface area contributed by atoms with E-state index in [1.165, 1.54) is 103 Å². The second-order valence-electron chi connectivity index (χ2n) is 15.8. The first-order chi connectivity index (χ1) is 20.2. The van der Waals surface area contributed by atoms with E-state index in [9.17, 15) is 5.21 Å². The van der Waals surface area contributed by atoms with Crippen molar-refractivity contribution in [2.45, 2.75) is 152 Å². The summed E-state index contributed by atoms with van der Waals surface area (Å²) in [6, 6.07) is 0. The van der Waals surface area contributed by atoms with Crippen LogP contribution >= 0.6 is 0 Å². The van der Waals surface area contributed by atoms with Crippen LogP contribution in [0.4, 0.5) is 0 Å². The fraction of sp³-hybridized carbons (Fsp3) is 1.00. The Morgan fingerprint density at radius 2 is 0.548 bits per heavy atom. The molecule has 0 aromatic heterocycles. The van der Waals surface area contributed by atoms with Crippen LogP contribution in [0, 0.1) is 52.6 Å². The van der Waals surface area contributed by atoms with Crippen molar-refractivity contribution in [2.24, 2.45) is 47.3 Å². The minimum atomic E-state index is -0.00118. The van der Waals surface area contributed by atoms with Crippen LogP contribution in [0.2, 0.25) is 0 Å². The van der Waals surface area contributed by atoms with Crippen molar-refractivity contribution in [3.63, 3.8) is 0 Å². The van der Waals surface area contributed by atoms with E-state index in [0.717, 1.165) is 0 Å². The van der Waals surface area contributed by atoms with Crippen LogP contribution in [0.3, 0.4) is 0 Å². The summed E-state index contributed by atoms with van der Waals surface area (Å²) in [4.78, 5) is 0. The normalized spacial score (nSPS) is 56.9. The maximum absolute atomic E-state index is 14.6. The van der Waals surface area contributed by atoms with Gasteiger partial charge < -0.3 is 10.3 Å². The number of fused-ring (bicyclic) bond motifs is 20. The summed E-state index contributed by atoms with van der Waals surface area (Å²) in [5, 5.41) is 43.9. The maximum atomic E-state index is 14.6. The predicted octanol–water partition coefficient (Wildman–Crippen LogP) is 1.02. The summed E-state index contributed by atoms with van der Waals surface area (Å²) < 4.78 is 0. The van der Waals surface area contributed by atoms with E-state index in [1.54, 1.807) is 0 Å². The molecule has 4 saturated carbocycles. The van der Waals surface area contributed by atoms with E-state index >= 15 is 0 Å². The zero-order valence-corrected chi connectivity index (χ0v) is 27.1. The van der Waals surface area contributed by atoms with Crippen LogP contribution < -0.4 is 42.3 Å². The summed E-state index contributed by atoms with van der Waals surface area (Å²) in [7, 11) is 0. The van der Waals surface area contributed by atoms with Crippen LogP contribution in [0.5, 0.6) is 0 Å². The molecule has 9 aliphatic rings. The third kappa shape index (κ3) is 4.97. The van der Waals surface area contributed by atoms with Gasteiger partial charge in [0.1, 0.15) is 12.3 Å². The summed E-state index contributed by atoms with van der Waals surface area (Å²) in [5.41, 5.74) is 0. The van der Waals surface area contributed by atoms with Crippen molar-refractivity contribution in [1.82, 2.24) is 37.2 Å². The van der Waals surface area contributed by atoms with Gasteiger partial charge in [-0.3, -0.25) is 37.2 Å². The zero-order valence-electron chi connectivity index (χ0n) is 25.7. The second kappa shape index (κ2) is 12.2. The molecule has 0 radical (unpaired) electrons. The van der Waals surface area contributed by atoms with E-state index in [4.69, 9.17) is 0 Å². The molecule has 4 aliphatic carbocycles. The molecular weight excluding hydrogens is 537 g/mol. The quantitative estimate of drug-likeness (QED) is 0.156. The maximum Gasteiger partial charge on any atom is 2.00 e. The van der Waals surface area contributed by atoms with E-state index in [0.29, 0.717) is 77.1 Å². The molecule has 0 aromatic rings. The molecule has 9 fully saturated rings. The fourth-order valence-corrected chi connectivity index (χ4v) is 12.2. The molecule has 10 heteroatoms. The predicted molar refractivity (Wildman–Crippen MR) is 164 cm³/mol. The van der Waals surface area contributed by atoms with Crippen LogP contribution in [0.25, 0.3) is 0 Å². The summed E-state index contributed by atoms with van der Waals surface area (Å²) in [5.74, 6) is 4.84. The Bertz CT molecular complexity index is 889. The molecule has 0 aromatic carbocycles. The Morgan fingerprint density at radius 1 is 0.333 bits per heavy atom. The molecule has 16 unspecified atom stereocenters. The van der Waals surface area contributed by atoms with Gasteiger partial charge in [0.2, 0.25) is 0 Å². The average Bonchev–Trinajstić information content (AvgIpc) is 3.76. The van der Waals surface area contributed by atoms with Crippen molar-refractivity contribution in [3.8, 4) is 0 Å². The van der Waals surface area contributed by atoms with Gasteiger partial charge in [0.25, 0.3) is 0 Å². The Balaban J connectivity index is 0.00000267. The van der Waals surface area contributed by atoms with Crippen LogP contribution in [0.15, 0.2) is 0 Å². The molecular formula is C32H56MgN8O+2. The van der Waals surface area contributed by atoms with E-state index in [2.05, 4.69) is 37.2 Å². The minimum Gasteiger partial charge on any atom is -0.632 e. The largest absolute Gasteiger partial charge is 2.00 e. The van der Waals surface area contributed by atoms with E-state index in [-0.39, 0.29) is 47.7 Å². The first-order valence-corrected chi connectivity index (χ1v) is 18.1. The third-order valence-electron chi connectivity index (χ3n) is 14.1. The number of hydroxylamine groups is 2. The molecule has 42 heavy (non-hydrogen) atoms. The molecule has 8 N–H and O–H groups in total. The van der Waals surface area contributed by atoms with Gasteiger partial charge in [0.05, 0.1) is 37.0 Å². The summed E-state index contributed by atoms with van der Waals surface area (Å²) in [6.07, 6.45) is 22.7. The second-order valence-corrected chi connectivity index (χ2v) is 15.8. The van der Waals surface area contributed by atoms with Crippen LogP contribution in [-0.2, 0) is 0 Å². The molecule has 16 atom stereocenters. The smallest absolute Gasteiger partial charge is 0.632 e. The Morgan fingerprint density at radius 3 is 0.833 bits per heavy atom. The molecule has 0 amide bonds. The number of hydrogen-bond acceptors (Lipinski definition) is 8. The number of rotatable bonds is 0. The topological polar surface area (TPSA) is 112 Å². The van der Waals surface area contributed by atoms with Gasteiger partial charge in [-0.2, -0.15) is 0 Å². The first-order valence-electron chi connectivity index (χ1n) is 18.1. The Kier molecular flexibility index (Phi) is 8.66. The SMILES string of the molecule is [Mg+2].[O-][NH+]1C2NC(NC3NC(NC4NC(NC5NC1C1CCCCC51)C1CCCCC41)C1CCCCC31)C1CCCCC12. The van der Waals surface area contributed by atoms with E-state index in [1.807, 2.05) is 0 Å². The van der Waals surface area contributed by atoms with Gasteiger partial charge in [0, 0.05) is 11.8 Å². The molecule has 0 spiro atoms. The van der Waals surface area contributed by atoms with Crippen molar-refractivity contribution >= 4 is 23.1 Å². The molecule has 230 valence electrons. The molecule has 8 bridgehead atoms. The van der Waals surface area contributed by atoms with Gasteiger partial charge in [-0.05, 0) is 86.9 Å². The van der Waals surface area contributed by atoms with E-state index < -0.39 is 0 Å². The standard InChI is InChI=1S/C32H56N8O.Mg/c41-40-31-23-15-7-5-13-21(23)29(38-31)36-27-19-11-3-1-9-17(19)25(34-27)33-26-18-10-2-4-12-20(18)28(35-26)37-30-22-14-6-8-16-24(22)32(40)39-30;/h17-40H,1-16H2;/q;+2. The van der Waals surface area contributed by atoms with Crippen molar-refractivity contribution in [1.29, 1.82) is 0 Å². The Hall–Kier alpha value is 0.406. The minimum absolute atomic E-state index is 0. The molecule has 5 saturated heterocycles. The van der Waals surface area contributed by atoms with Crippen molar-refractivity contribution in [2.75, 3.05) is 0 Å². The van der Waals surface area contributed by atoms with Gasteiger partial charge in [-0.1, -0.05) is 51.4 Å². The van der Waals surface area contributed by atoms with Gasteiger partial charge >= 0.3 is 23.1 Å². The summed E-state index contributed by atoms with van der Waals surface area (Å²) >= 11 is 0. The Labute approximate surface area is 269 Å². The molecule has 9 nitrogen and oxygen atoms in total. The average molecular weight is 593 g/mol. The molecule has 5 aliphatic heterocycles. The monoisotopic (exact) mass is 592 g/mol. The van der Waals surface area contributed by atoms with Gasteiger partial charge in [0.15, 0.2) is 0 Å². The molecule has 5 heterocycles. The first kappa shape index (κ1) is 29.8. The van der Waals surface area contributed by atoms with Crippen molar-refractivity contribution in [3.05, 3.63) is 5.21 Å². The third-order valence-corrected chi connectivity index (χ3v) is 14.1. The molecule has 9 rings (SSSR count). The van der Waals surface area contributed by atoms with Gasteiger partial charge in [-0.15, -0.1) is 0 Å². The number of quaternary nitrogens is 1. The zero-order chi connectivity index (χ0) is 27.1. The fourth-order valence-electron chi connectivity index (χ4n) is 12.2. The number of hydrogen-bond donors (Lipinski definition) is 8. The summed E-state index contributed by atoms with van der Waals surface area (Å²) in [6.45, 7) is 0. The number of nitrogens with one attached hydrogen (secondary N) is 8.